The van der Waals surface area contributed by atoms with Gasteiger partial charge >= 0.3 is 0 Å². The van der Waals surface area contributed by atoms with E-state index in [9.17, 15) is 8.42 Å². The maximum Gasteiger partial charge on any atom is 0.179 e. The zero-order chi connectivity index (χ0) is 14.6. The fourth-order valence-corrected chi connectivity index (χ4v) is 4.11. The second-order valence-electron chi connectivity index (χ2n) is 5.32. The van der Waals surface area contributed by atoms with Crippen molar-refractivity contribution in [2.75, 3.05) is 31.9 Å². The Morgan fingerprint density at radius 2 is 2.00 bits per heavy atom. The molecule has 1 fully saturated rings. The molecule has 0 amide bonds. The van der Waals surface area contributed by atoms with Crippen LogP contribution in [-0.2, 0) is 9.84 Å². The molecule has 20 heavy (non-hydrogen) atoms. The summed E-state index contributed by atoms with van der Waals surface area (Å²) in [5, 5.41) is 0. The van der Waals surface area contributed by atoms with Gasteiger partial charge in [-0.25, -0.2) is 8.42 Å². The number of likely N-dealkylation sites (tertiary alicyclic amines) is 1. The number of nitrogens with zero attached hydrogens (tertiary/aromatic N) is 1. The Morgan fingerprint density at radius 3 is 2.65 bits per heavy atom. The minimum absolute atomic E-state index is 0.173. The van der Waals surface area contributed by atoms with Crippen LogP contribution in [0.2, 0.25) is 0 Å². The van der Waals surface area contributed by atoms with E-state index in [2.05, 4.69) is 20.8 Å². The van der Waals surface area contributed by atoms with Crippen LogP contribution >= 0.6 is 15.9 Å². The SMILES string of the molecule is NCC1CCCN(CCS(=O)(=O)c2ccc(Br)cc2)C1. The maximum absolute atomic E-state index is 12.3. The second kappa shape index (κ2) is 7.02. The fourth-order valence-electron chi connectivity index (χ4n) is 2.56. The number of halogens is 1. The number of rotatable bonds is 5. The van der Waals surface area contributed by atoms with Crippen LogP contribution in [0.1, 0.15) is 12.8 Å². The Labute approximate surface area is 129 Å². The predicted octanol–water partition coefficient (Wildman–Crippen LogP) is 1.89. The molecule has 1 atom stereocenters. The molecule has 1 aromatic rings. The summed E-state index contributed by atoms with van der Waals surface area (Å²) in [7, 11) is -3.19. The van der Waals surface area contributed by atoms with Gasteiger partial charge in [0.2, 0.25) is 0 Å². The molecule has 6 heteroatoms. The molecule has 112 valence electrons. The molecule has 2 rings (SSSR count). The van der Waals surface area contributed by atoms with E-state index in [1.807, 2.05) is 0 Å². The molecule has 0 bridgehead atoms. The molecular formula is C14H21BrN2O2S. The molecule has 1 aliphatic rings. The number of sulfone groups is 1. The van der Waals surface area contributed by atoms with E-state index in [1.54, 1.807) is 24.3 Å². The van der Waals surface area contributed by atoms with Crippen molar-refractivity contribution in [2.45, 2.75) is 17.7 Å². The van der Waals surface area contributed by atoms with Gasteiger partial charge in [0.25, 0.3) is 0 Å². The van der Waals surface area contributed by atoms with Gasteiger partial charge in [-0.1, -0.05) is 15.9 Å². The van der Waals surface area contributed by atoms with E-state index in [1.165, 1.54) is 0 Å². The van der Waals surface area contributed by atoms with Gasteiger partial charge in [0, 0.05) is 17.6 Å². The van der Waals surface area contributed by atoms with Crippen LogP contribution in [0, 0.1) is 5.92 Å². The van der Waals surface area contributed by atoms with Gasteiger partial charge in [-0.2, -0.15) is 0 Å². The van der Waals surface area contributed by atoms with Crippen LogP contribution in [0.25, 0.3) is 0 Å². The van der Waals surface area contributed by atoms with Gasteiger partial charge in [0.05, 0.1) is 10.6 Å². The molecule has 0 radical (unpaired) electrons. The standard InChI is InChI=1S/C14H21BrN2O2S/c15-13-3-5-14(6-4-13)20(18,19)9-8-17-7-1-2-12(10-16)11-17/h3-6,12H,1-2,7-11,16H2. The highest BCUT2D eigenvalue weighted by atomic mass is 79.9. The quantitative estimate of drug-likeness (QED) is 0.870. The van der Waals surface area contributed by atoms with Crippen LogP contribution < -0.4 is 5.73 Å². The Kier molecular flexibility index (Phi) is 5.60. The van der Waals surface area contributed by atoms with E-state index in [-0.39, 0.29) is 5.75 Å². The molecule has 4 nitrogen and oxygen atoms in total. The van der Waals surface area contributed by atoms with Crippen molar-refractivity contribution in [3.63, 3.8) is 0 Å². The second-order valence-corrected chi connectivity index (χ2v) is 8.34. The number of benzene rings is 1. The maximum atomic E-state index is 12.3. The highest BCUT2D eigenvalue weighted by Crippen LogP contribution is 2.18. The minimum atomic E-state index is -3.19. The largest absolute Gasteiger partial charge is 0.330 e. The van der Waals surface area contributed by atoms with Crippen LogP contribution in [0.4, 0.5) is 0 Å². The monoisotopic (exact) mass is 360 g/mol. The Morgan fingerprint density at radius 1 is 1.30 bits per heavy atom. The highest BCUT2D eigenvalue weighted by molar-refractivity contribution is 9.10. The van der Waals surface area contributed by atoms with E-state index in [0.29, 0.717) is 23.9 Å². The smallest absolute Gasteiger partial charge is 0.179 e. The summed E-state index contributed by atoms with van der Waals surface area (Å²) >= 11 is 3.31. The van der Waals surface area contributed by atoms with Gasteiger partial charge in [-0.05, 0) is 56.1 Å². The van der Waals surface area contributed by atoms with Crippen molar-refractivity contribution in [3.8, 4) is 0 Å². The summed E-state index contributed by atoms with van der Waals surface area (Å²) in [5.74, 6) is 0.686. The lowest BCUT2D eigenvalue weighted by Gasteiger charge is -2.31. The normalized spacial score (nSPS) is 21.0. The molecule has 1 unspecified atom stereocenters. The molecule has 0 aromatic heterocycles. The lowest BCUT2D eigenvalue weighted by molar-refractivity contribution is 0.187. The average Bonchev–Trinajstić information content (AvgIpc) is 2.46. The van der Waals surface area contributed by atoms with Crippen LogP contribution in [-0.4, -0.2) is 45.2 Å². The third-order valence-corrected chi connectivity index (χ3v) is 6.02. The summed E-state index contributed by atoms with van der Waals surface area (Å²) in [6.45, 7) is 3.18. The average molecular weight is 361 g/mol. The van der Waals surface area contributed by atoms with Crippen molar-refractivity contribution in [1.82, 2.24) is 4.90 Å². The topological polar surface area (TPSA) is 63.4 Å². The van der Waals surface area contributed by atoms with Crippen molar-refractivity contribution in [3.05, 3.63) is 28.7 Å². The zero-order valence-electron chi connectivity index (χ0n) is 11.5. The summed E-state index contributed by atoms with van der Waals surface area (Å²) in [6.07, 6.45) is 2.27. The third-order valence-electron chi connectivity index (χ3n) is 3.79. The molecule has 1 saturated heterocycles. The Bertz CT molecular complexity index is 531. The van der Waals surface area contributed by atoms with Crippen molar-refractivity contribution >= 4 is 25.8 Å². The van der Waals surface area contributed by atoms with Gasteiger partial charge in [-0.15, -0.1) is 0 Å². The number of hydrogen-bond donors (Lipinski definition) is 1. The number of piperidine rings is 1. The number of hydrogen-bond acceptors (Lipinski definition) is 4. The first kappa shape index (κ1) is 15.9. The molecule has 0 spiro atoms. The van der Waals surface area contributed by atoms with Crippen molar-refractivity contribution in [2.24, 2.45) is 11.7 Å². The summed E-state index contributed by atoms with van der Waals surface area (Å²) in [5.41, 5.74) is 5.70. The molecule has 0 aliphatic carbocycles. The number of nitrogens with two attached hydrogens (primary N) is 1. The van der Waals surface area contributed by atoms with Gasteiger partial charge in [0.15, 0.2) is 9.84 Å². The molecule has 2 N–H and O–H groups in total. The minimum Gasteiger partial charge on any atom is -0.330 e. The van der Waals surface area contributed by atoms with Crippen molar-refractivity contribution < 1.29 is 8.42 Å². The van der Waals surface area contributed by atoms with E-state index >= 15 is 0 Å². The third kappa shape index (κ3) is 4.28. The fraction of sp³-hybridized carbons (Fsp3) is 0.571. The first-order chi connectivity index (χ1) is 9.51. The lowest BCUT2D eigenvalue weighted by atomic mass is 9.98. The highest BCUT2D eigenvalue weighted by Gasteiger charge is 2.21. The van der Waals surface area contributed by atoms with Crippen LogP contribution in [0.5, 0.6) is 0 Å². The van der Waals surface area contributed by atoms with Crippen LogP contribution in [0.15, 0.2) is 33.6 Å². The van der Waals surface area contributed by atoms with Gasteiger partial charge < -0.3 is 10.6 Å². The summed E-state index contributed by atoms with van der Waals surface area (Å²) in [4.78, 5) is 2.62. The van der Waals surface area contributed by atoms with E-state index in [4.69, 9.17) is 5.73 Å². The van der Waals surface area contributed by atoms with E-state index < -0.39 is 9.84 Å². The van der Waals surface area contributed by atoms with E-state index in [0.717, 1.165) is 30.4 Å². The zero-order valence-corrected chi connectivity index (χ0v) is 13.9. The first-order valence-electron chi connectivity index (χ1n) is 6.92. The van der Waals surface area contributed by atoms with Gasteiger partial charge in [-0.3, -0.25) is 0 Å². The molecule has 1 heterocycles. The van der Waals surface area contributed by atoms with Crippen LogP contribution in [0.3, 0.4) is 0 Å². The molecule has 1 aliphatic heterocycles. The summed E-state index contributed by atoms with van der Waals surface area (Å²) in [6, 6.07) is 6.83. The van der Waals surface area contributed by atoms with Gasteiger partial charge in [0.1, 0.15) is 0 Å². The van der Waals surface area contributed by atoms with Crippen molar-refractivity contribution in [1.29, 1.82) is 0 Å². The molecule has 1 aromatic carbocycles. The molecular weight excluding hydrogens is 340 g/mol. The lowest BCUT2D eigenvalue weighted by Crippen LogP contribution is -2.40. The Hall–Kier alpha value is -0.430. The molecule has 0 saturated carbocycles. The predicted molar refractivity (Wildman–Crippen MR) is 84.4 cm³/mol. The Balaban J connectivity index is 1.94. The summed E-state index contributed by atoms with van der Waals surface area (Å²) < 4.78 is 25.4. The first-order valence-corrected chi connectivity index (χ1v) is 9.36.